The van der Waals surface area contributed by atoms with E-state index in [0.29, 0.717) is 50.7 Å². The zero-order valence-corrected chi connectivity index (χ0v) is 33.9. The topological polar surface area (TPSA) is 161 Å². The van der Waals surface area contributed by atoms with Crippen LogP contribution >= 0.6 is 0 Å². The number of nitrogens with zero attached hydrogens (tertiary/aromatic N) is 5. The highest BCUT2D eigenvalue weighted by Crippen LogP contribution is 2.26. The van der Waals surface area contributed by atoms with E-state index in [1.807, 2.05) is 60.9 Å². The number of aryl methyl sites for hydroxylation is 1. The molecule has 15 nitrogen and oxygen atoms in total. The molecule has 2 aromatic carbocycles. The van der Waals surface area contributed by atoms with Gasteiger partial charge in [0.1, 0.15) is 0 Å². The number of carbonyl (C=O) groups excluding carboxylic acids is 4. The molecule has 15 heteroatoms. The van der Waals surface area contributed by atoms with E-state index in [1.165, 1.54) is 12.7 Å². The Balaban J connectivity index is 0.000000214. The highest BCUT2D eigenvalue weighted by Gasteiger charge is 2.33. The average Bonchev–Trinajstić information content (AvgIpc) is 3.52. The Kier molecular flexibility index (Phi) is 14.3. The third kappa shape index (κ3) is 10.7. The van der Waals surface area contributed by atoms with Crippen molar-refractivity contribution < 1.29 is 33.1 Å². The van der Waals surface area contributed by atoms with E-state index in [-0.39, 0.29) is 36.0 Å². The number of carbonyl (C=O) groups is 4. The SMILES string of the molecule is CCOC(=O)CCN1CCN(C2CCN(C(=O)[C@H](C)Cc3cc(C)c4[nH]c(=O)oc4c3)CC2)CC1.COC(=O)N1CCC(N2CCc3ccccc3NC2=O)CC1. The Labute approximate surface area is 334 Å². The Hall–Kier alpha value is -4.89. The number of rotatable bonds is 9. The Bertz CT molecular complexity index is 1900. The standard InChI is InChI=1S/C26H38N4O5.C16H21N3O3/c1-4-34-23(31)7-8-28-11-13-29(14-12-28)21-5-9-30(10-6-21)25(32)19(3)16-20-15-18(2)24-22(17-20)35-26(33)27-24;1-22-16(21)18-9-7-13(8-10-18)19-11-6-12-4-2-3-5-14(12)17-15(19)20/h15,17,19,21H,4-14,16H2,1-3H3,(H,27,33);2-5,13H,6-11H2,1H3,(H,17,20)/t19-;/m1./s1. The number of esters is 1. The summed E-state index contributed by atoms with van der Waals surface area (Å²) in [5.41, 5.74) is 5.30. The molecule has 57 heavy (non-hydrogen) atoms. The van der Waals surface area contributed by atoms with Crippen LogP contribution in [0, 0.1) is 12.8 Å². The molecule has 0 spiro atoms. The molecule has 1 atom stereocenters. The molecule has 2 N–H and O–H groups in total. The van der Waals surface area contributed by atoms with Crippen molar-refractivity contribution in [3.63, 3.8) is 0 Å². The van der Waals surface area contributed by atoms with Crippen LogP contribution in [-0.4, -0.2) is 145 Å². The zero-order chi connectivity index (χ0) is 40.5. The molecule has 0 bridgehead atoms. The summed E-state index contributed by atoms with van der Waals surface area (Å²) in [7, 11) is 1.40. The first-order valence-corrected chi connectivity index (χ1v) is 20.5. The van der Waals surface area contributed by atoms with Crippen LogP contribution in [0.5, 0.6) is 0 Å². The van der Waals surface area contributed by atoms with Crippen LogP contribution < -0.4 is 11.1 Å². The average molecular weight is 790 g/mol. The lowest BCUT2D eigenvalue weighted by molar-refractivity contribution is -0.143. The Morgan fingerprint density at radius 3 is 2.28 bits per heavy atom. The number of ether oxygens (including phenoxy) is 2. The van der Waals surface area contributed by atoms with Crippen LogP contribution in [0.15, 0.2) is 45.6 Å². The van der Waals surface area contributed by atoms with E-state index < -0.39 is 5.76 Å². The van der Waals surface area contributed by atoms with Crippen LogP contribution in [0.4, 0.5) is 15.3 Å². The third-order valence-corrected chi connectivity index (χ3v) is 11.9. The Morgan fingerprint density at radius 2 is 1.58 bits per heavy atom. The first kappa shape index (κ1) is 41.7. The minimum atomic E-state index is -0.453. The highest BCUT2D eigenvalue weighted by atomic mass is 16.5. The lowest BCUT2D eigenvalue weighted by atomic mass is 9.96. The minimum Gasteiger partial charge on any atom is -0.466 e. The molecular formula is C42H59N7O8. The fraction of sp³-hybridized carbons (Fsp3) is 0.595. The quantitative estimate of drug-likeness (QED) is 0.296. The second kappa shape index (κ2) is 19.5. The van der Waals surface area contributed by atoms with E-state index >= 15 is 0 Å². The number of nitrogens with one attached hydrogen (secondary N) is 2. The second-order valence-electron chi connectivity index (χ2n) is 15.6. The van der Waals surface area contributed by atoms with Crippen molar-refractivity contribution >= 4 is 40.8 Å². The van der Waals surface area contributed by atoms with Crippen LogP contribution in [0.1, 0.15) is 62.6 Å². The monoisotopic (exact) mass is 789 g/mol. The number of fused-ring (bicyclic) bond motifs is 2. The zero-order valence-electron chi connectivity index (χ0n) is 33.9. The number of anilines is 1. The molecule has 4 aliphatic heterocycles. The van der Waals surface area contributed by atoms with Crippen molar-refractivity contribution in [3.8, 4) is 0 Å². The maximum atomic E-state index is 13.1. The van der Waals surface area contributed by atoms with E-state index in [4.69, 9.17) is 13.9 Å². The molecule has 0 saturated carbocycles. The van der Waals surface area contributed by atoms with Gasteiger partial charge in [-0.1, -0.05) is 31.2 Å². The normalized spacial score (nSPS) is 19.2. The van der Waals surface area contributed by atoms with Gasteiger partial charge in [-0.2, -0.15) is 0 Å². The summed E-state index contributed by atoms with van der Waals surface area (Å²) in [6.45, 7) is 14.5. The number of hydrogen-bond donors (Lipinski definition) is 2. The first-order valence-electron chi connectivity index (χ1n) is 20.5. The number of aromatic amines is 1. The number of aromatic nitrogens is 1. The van der Waals surface area contributed by atoms with Crippen molar-refractivity contribution in [1.29, 1.82) is 0 Å². The maximum absolute atomic E-state index is 13.1. The van der Waals surface area contributed by atoms with Gasteiger partial charge in [0.15, 0.2) is 5.58 Å². The van der Waals surface area contributed by atoms with Crippen LogP contribution in [0.25, 0.3) is 11.1 Å². The van der Waals surface area contributed by atoms with Gasteiger partial charge in [0.25, 0.3) is 0 Å². The number of piperazine rings is 1. The maximum Gasteiger partial charge on any atom is 0.417 e. The molecule has 310 valence electrons. The van der Waals surface area contributed by atoms with Crippen LogP contribution in [-0.2, 0) is 31.9 Å². The second-order valence-corrected chi connectivity index (χ2v) is 15.6. The summed E-state index contributed by atoms with van der Waals surface area (Å²) in [6.07, 6.45) is 5.23. The largest absolute Gasteiger partial charge is 0.466 e. The highest BCUT2D eigenvalue weighted by molar-refractivity contribution is 5.91. The van der Waals surface area contributed by atoms with Crippen molar-refractivity contribution in [2.24, 2.45) is 5.92 Å². The predicted octanol–water partition coefficient (Wildman–Crippen LogP) is 4.48. The van der Waals surface area contributed by atoms with Gasteiger partial charge in [-0.05, 0) is 81.2 Å². The van der Waals surface area contributed by atoms with Crippen molar-refractivity contribution in [3.05, 3.63) is 63.6 Å². The lowest BCUT2D eigenvalue weighted by Crippen LogP contribution is -2.54. The predicted molar refractivity (Wildman–Crippen MR) is 216 cm³/mol. The number of methoxy groups -OCH3 is 1. The van der Waals surface area contributed by atoms with Gasteiger partial charge in [0, 0.05) is 89.1 Å². The molecule has 1 aromatic heterocycles. The fourth-order valence-electron chi connectivity index (χ4n) is 8.68. The summed E-state index contributed by atoms with van der Waals surface area (Å²) in [5, 5.41) is 3.00. The lowest BCUT2D eigenvalue weighted by Gasteiger charge is -2.43. The molecular weight excluding hydrogens is 731 g/mol. The van der Waals surface area contributed by atoms with Crippen molar-refractivity contribution in [2.75, 3.05) is 84.5 Å². The molecule has 3 saturated heterocycles. The number of para-hydroxylation sites is 1. The molecule has 0 unspecified atom stereocenters. The molecule has 0 aliphatic carbocycles. The fourth-order valence-corrected chi connectivity index (χ4v) is 8.68. The third-order valence-electron chi connectivity index (χ3n) is 11.9. The number of amides is 4. The molecule has 4 amide bonds. The van der Waals surface area contributed by atoms with Crippen molar-refractivity contribution in [1.82, 2.24) is 29.5 Å². The van der Waals surface area contributed by atoms with Crippen LogP contribution in [0.2, 0.25) is 0 Å². The summed E-state index contributed by atoms with van der Waals surface area (Å²) in [6, 6.07) is 12.5. The molecule has 3 fully saturated rings. The number of likely N-dealkylation sites (tertiary alicyclic amines) is 2. The van der Waals surface area contributed by atoms with Gasteiger partial charge in [0.2, 0.25) is 5.91 Å². The van der Waals surface area contributed by atoms with Gasteiger partial charge < -0.3 is 38.8 Å². The van der Waals surface area contributed by atoms with Gasteiger partial charge in [-0.3, -0.25) is 19.5 Å². The number of benzene rings is 2. The van der Waals surface area contributed by atoms with Crippen molar-refractivity contribution in [2.45, 2.75) is 77.8 Å². The van der Waals surface area contributed by atoms with Gasteiger partial charge in [-0.15, -0.1) is 0 Å². The number of H-pyrrole nitrogens is 1. The summed E-state index contributed by atoms with van der Waals surface area (Å²) >= 11 is 0. The first-order chi connectivity index (χ1) is 27.5. The van der Waals surface area contributed by atoms with Crippen LogP contribution in [0.3, 0.4) is 0 Å². The summed E-state index contributed by atoms with van der Waals surface area (Å²) in [4.78, 5) is 73.5. The Morgan fingerprint density at radius 1 is 0.895 bits per heavy atom. The van der Waals surface area contributed by atoms with E-state index in [2.05, 4.69) is 26.2 Å². The smallest absolute Gasteiger partial charge is 0.417 e. The molecule has 7 rings (SSSR count). The molecule has 0 radical (unpaired) electrons. The summed E-state index contributed by atoms with van der Waals surface area (Å²) < 4.78 is 15.0. The number of urea groups is 1. The number of piperidine rings is 2. The van der Waals surface area contributed by atoms with E-state index in [9.17, 15) is 24.0 Å². The number of oxazole rings is 1. The summed E-state index contributed by atoms with van der Waals surface area (Å²) in [5.74, 6) is -0.504. The van der Waals surface area contributed by atoms with Gasteiger partial charge in [0.05, 0.1) is 25.7 Å². The van der Waals surface area contributed by atoms with E-state index in [1.54, 1.807) is 4.90 Å². The molecule has 4 aliphatic rings. The van der Waals surface area contributed by atoms with Gasteiger partial charge in [-0.25, -0.2) is 14.4 Å². The minimum absolute atomic E-state index is 0.0403. The molecule has 5 heterocycles. The van der Waals surface area contributed by atoms with Gasteiger partial charge >= 0.3 is 23.8 Å². The van der Waals surface area contributed by atoms with E-state index in [0.717, 1.165) is 100 Å². The number of hydrogen-bond acceptors (Lipinski definition) is 10. The molecule has 3 aromatic rings.